The van der Waals surface area contributed by atoms with Crippen molar-refractivity contribution in [2.45, 2.75) is 37.9 Å². The van der Waals surface area contributed by atoms with Crippen LogP contribution >= 0.6 is 0 Å². The van der Waals surface area contributed by atoms with Gasteiger partial charge in [-0.3, -0.25) is 0 Å². The summed E-state index contributed by atoms with van der Waals surface area (Å²) in [4.78, 5) is 0. The predicted octanol–water partition coefficient (Wildman–Crippen LogP) is 2.98. The molecule has 0 amide bonds. The molecule has 0 aliphatic carbocycles. The number of rotatable bonds is 6. The quantitative estimate of drug-likeness (QED) is 0.804. The molecule has 0 spiro atoms. The molecule has 2 unspecified atom stereocenters. The molecule has 22 heavy (non-hydrogen) atoms. The second-order valence-electron chi connectivity index (χ2n) is 5.37. The van der Waals surface area contributed by atoms with Gasteiger partial charge in [-0.05, 0) is 36.8 Å². The minimum absolute atomic E-state index is 0.586. The predicted molar refractivity (Wildman–Crippen MR) is 89.3 cm³/mol. The number of aryl methyl sites for hydroxylation is 2. The zero-order valence-corrected chi connectivity index (χ0v) is 12.7. The fourth-order valence-electron chi connectivity index (χ4n) is 2.23. The first-order chi connectivity index (χ1) is 10.7. The highest BCUT2D eigenvalue weighted by molar-refractivity contribution is 5.17. The Hall–Kier alpha value is -2.08. The van der Waals surface area contributed by atoms with E-state index in [2.05, 4.69) is 11.8 Å². The van der Waals surface area contributed by atoms with Crippen LogP contribution < -0.4 is 0 Å². The molecule has 0 fully saturated rings. The third-order valence-corrected chi connectivity index (χ3v) is 3.52. The second kappa shape index (κ2) is 9.04. The van der Waals surface area contributed by atoms with E-state index in [0.717, 1.165) is 12.8 Å². The molecule has 2 aromatic rings. The van der Waals surface area contributed by atoms with Gasteiger partial charge in [0.1, 0.15) is 12.2 Å². The standard InChI is InChI=1S/C20H22O2/c21-19(13-11-17-7-3-1-4-8-17)15-16-20(22)14-12-18-9-5-2-6-10-18/h1-10,19-22H,11-14H2. The summed E-state index contributed by atoms with van der Waals surface area (Å²) in [6, 6.07) is 20.0. The average Bonchev–Trinajstić information content (AvgIpc) is 2.58. The molecule has 0 radical (unpaired) electrons. The van der Waals surface area contributed by atoms with Gasteiger partial charge in [0, 0.05) is 0 Å². The van der Waals surface area contributed by atoms with Crippen molar-refractivity contribution in [3.8, 4) is 11.8 Å². The molecule has 0 bridgehead atoms. The van der Waals surface area contributed by atoms with Crippen LogP contribution in [0.25, 0.3) is 0 Å². The summed E-state index contributed by atoms with van der Waals surface area (Å²) in [7, 11) is 0. The third kappa shape index (κ3) is 6.13. The highest BCUT2D eigenvalue weighted by Crippen LogP contribution is 2.06. The fraction of sp³-hybridized carbons (Fsp3) is 0.300. The van der Waals surface area contributed by atoms with Gasteiger partial charge in [-0.1, -0.05) is 72.5 Å². The molecule has 0 saturated heterocycles. The maximum absolute atomic E-state index is 9.86. The largest absolute Gasteiger partial charge is 0.380 e. The van der Waals surface area contributed by atoms with Crippen molar-refractivity contribution in [1.29, 1.82) is 0 Å². The maximum atomic E-state index is 9.86. The lowest BCUT2D eigenvalue weighted by atomic mass is 10.1. The van der Waals surface area contributed by atoms with Crippen LogP contribution in [-0.2, 0) is 12.8 Å². The molecule has 0 aromatic heterocycles. The van der Waals surface area contributed by atoms with Gasteiger partial charge in [-0.25, -0.2) is 0 Å². The summed E-state index contributed by atoms with van der Waals surface area (Å²) in [5.74, 6) is 5.49. The van der Waals surface area contributed by atoms with Crippen molar-refractivity contribution in [2.75, 3.05) is 0 Å². The molecule has 2 nitrogen and oxygen atoms in total. The van der Waals surface area contributed by atoms with E-state index in [0.29, 0.717) is 12.8 Å². The average molecular weight is 294 g/mol. The van der Waals surface area contributed by atoms with E-state index in [-0.39, 0.29) is 0 Å². The Labute approximate surface area is 132 Å². The van der Waals surface area contributed by atoms with E-state index >= 15 is 0 Å². The molecule has 114 valence electrons. The van der Waals surface area contributed by atoms with Crippen LogP contribution in [0.4, 0.5) is 0 Å². The number of aliphatic hydroxyl groups is 2. The lowest BCUT2D eigenvalue weighted by molar-refractivity contribution is 0.212. The highest BCUT2D eigenvalue weighted by Gasteiger charge is 2.03. The summed E-state index contributed by atoms with van der Waals surface area (Å²) in [6.07, 6.45) is 1.37. The van der Waals surface area contributed by atoms with Crippen molar-refractivity contribution in [3.05, 3.63) is 71.8 Å². The van der Waals surface area contributed by atoms with E-state index in [1.54, 1.807) is 0 Å². The van der Waals surface area contributed by atoms with Crippen LogP contribution in [0.15, 0.2) is 60.7 Å². The molecular formula is C20H22O2. The first kappa shape index (κ1) is 16.3. The van der Waals surface area contributed by atoms with Gasteiger partial charge in [0.2, 0.25) is 0 Å². The molecule has 2 atom stereocenters. The summed E-state index contributed by atoms with van der Waals surface area (Å²) in [6.45, 7) is 0. The number of benzene rings is 2. The highest BCUT2D eigenvalue weighted by atomic mass is 16.3. The summed E-state index contributed by atoms with van der Waals surface area (Å²) >= 11 is 0. The molecule has 0 saturated carbocycles. The monoisotopic (exact) mass is 294 g/mol. The summed E-state index contributed by atoms with van der Waals surface area (Å²) < 4.78 is 0. The maximum Gasteiger partial charge on any atom is 0.115 e. The SMILES string of the molecule is OC(C#CC(O)CCc1ccccc1)CCc1ccccc1. The Morgan fingerprint density at radius 3 is 1.36 bits per heavy atom. The van der Waals surface area contributed by atoms with Crippen LogP contribution in [0, 0.1) is 11.8 Å². The molecular weight excluding hydrogens is 272 g/mol. The van der Waals surface area contributed by atoms with Crippen molar-refractivity contribution in [2.24, 2.45) is 0 Å². The van der Waals surface area contributed by atoms with Gasteiger partial charge in [-0.2, -0.15) is 0 Å². The van der Waals surface area contributed by atoms with Crippen LogP contribution in [0.2, 0.25) is 0 Å². The Morgan fingerprint density at radius 2 is 1.00 bits per heavy atom. The molecule has 2 rings (SSSR count). The number of hydrogen-bond donors (Lipinski definition) is 2. The van der Waals surface area contributed by atoms with Crippen LogP contribution in [0.3, 0.4) is 0 Å². The lowest BCUT2D eigenvalue weighted by Crippen LogP contribution is -2.09. The third-order valence-electron chi connectivity index (χ3n) is 3.52. The van der Waals surface area contributed by atoms with Crippen molar-refractivity contribution in [1.82, 2.24) is 0 Å². The van der Waals surface area contributed by atoms with Crippen LogP contribution in [0.5, 0.6) is 0 Å². The zero-order valence-electron chi connectivity index (χ0n) is 12.7. The van der Waals surface area contributed by atoms with Crippen molar-refractivity contribution in [3.63, 3.8) is 0 Å². The van der Waals surface area contributed by atoms with Gasteiger partial charge in [0.15, 0.2) is 0 Å². The minimum Gasteiger partial charge on any atom is -0.380 e. The summed E-state index contributed by atoms with van der Waals surface area (Å²) in [5.41, 5.74) is 2.38. The number of aliphatic hydroxyl groups excluding tert-OH is 2. The summed E-state index contributed by atoms with van der Waals surface area (Å²) in [5, 5.41) is 19.7. The van der Waals surface area contributed by atoms with Crippen LogP contribution in [0.1, 0.15) is 24.0 Å². The minimum atomic E-state index is -0.688. The van der Waals surface area contributed by atoms with E-state index in [1.807, 2.05) is 60.7 Å². The van der Waals surface area contributed by atoms with Gasteiger partial charge < -0.3 is 10.2 Å². The first-order valence-electron chi connectivity index (χ1n) is 7.69. The Kier molecular flexibility index (Phi) is 6.70. The molecule has 2 N–H and O–H groups in total. The van der Waals surface area contributed by atoms with Crippen LogP contribution in [-0.4, -0.2) is 22.4 Å². The molecule has 0 heterocycles. The van der Waals surface area contributed by atoms with E-state index in [9.17, 15) is 10.2 Å². The Balaban J connectivity index is 1.72. The Bertz CT molecular complexity index is 542. The van der Waals surface area contributed by atoms with Gasteiger partial charge >= 0.3 is 0 Å². The van der Waals surface area contributed by atoms with E-state index < -0.39 is 12.2 Å². The topological polar surface area (TPSA) is 40.5 Å². The molecule has 0 aliphatic rings. The van der Waals surface area contributed by atoms with Gasteiger partial charge in [-0.15, -0.1) is 0 Å². The lowest BCUT2D eigenvalue weighted by Gasteiger charge is -2.05. The Morgan fingerprint density at radius 1 is 0.636 bits per heavy atom. The van der Waals surface area contributed by atoms with E-state index in [1.165, 1.54) is 11.1 Å². The van der Waals surface area contributed by atoms with Gasteiger partial charge in [0.05, 0.1) is 0 Å². The van der Waals surface area contributed by atoms with Gasteiger partial charge in [0.25, 0.3) is 0 Å². The normalized spacial score (nSPS) is 13.0. The second-order valence-corrected chi connectivity index (χ2v) is 5.37. The molecule has 0 aliphatic heterocycles. The van der Waals surface area contributed by atoms with E-state index in [4.69, 9.17) is 0 Å². The number of hydrogen-bond acceptors (Lipinski definition) is 2. The first-order valence-corrected chi connectivity index (χ1v) is 7.69. The van der Waals surface area contributed by atoms with Crippen molar-refractivity contribution < 1.29 is 10.2 Å². The molecule has 2 aromatic carbocycles. The zero-order chi connectivity index (χ0) is 15.6. The van der Waals surface area contributed by atoms with Crippen molar-refractivity contribution >= 4 is 0 Å². The fourth-order valence-corrected chi connectivity index (χ4v) is 2.23. The molecule has 2 heteroatoms. The smallest absolute Gasteiger partial charge is 0.115 e.